The van der Waals surface area contributed by atoms with Gasteiger partial charge in [-0.25, -0.2) is 9.78 Å². The lowest BCUT2D eigenvalue weighted by Crippen LogP contribution is -2.44. The summed E-state index contributed by atoms with van der Waals surface area (Å²) in [6.45, 7) is 3.64. The number of pyridine rings is 1. The molecular weight excluding hydrogens is 491 g/mol. The molecule has 0 saturated carbocycles. The van der Waals surface area contributed by atoms with Crippen molar-refractivity contribution in [3.63, 3.8) is 0 Å². The van der Waals surface area contributed by atoms with Crippen LogP contribution in [0.5, 0.6) is 0 Å². The summed E-state index contributed by atoms with van der Waals surface area (Å²) in [5.74, 6) is 0.496. The fraction of sp³-hybridized carbons (Fsp3) is 0.440. The van der Waals surface area contributed by atoms with Crippen molar-refractivity contribution >= 4 is 46.8 Å². The largest absolute Gasteiger partial charge is 0.465 e. The van der Waals surface area contributed by atoms with Crippen molar-refractivity contribution in [3.05, 3.63) is 57.7 Å². The molecule has 2 aromatic rings. The second kappa shape index (κ2) is 10.4. The van der Waals surface area contributed by atoms with E-state index in [-0.39, 0.29) is 29.6 Å². The van der Waals surface area contributed by atoms with E-state index in [0.717, 1.165) is 11.4 Å². The number of carboxylic acid groups (broad SMARTS) is 1. The summed E-state index contributed by atoms with van der Waals surface area (Å²) in [6.07, 6.45) is 1.91. The van der Waals surface area contributed by atoms with Crippen molar-refractivity contribution in [2.24, 2.45) is 5.92 Å². The van der Waals surface area contributed by atoms with Gasteiger partial charge in [0.1, 0.15) is 5.82 Å². The van der Waals surface area contributed by atoms with Crippen molar-refractivity contribution in [3.8, 4) is 0 Å². The third kappa shape index (κ3) is 5.38. The van der Waals surface area contributed by atoms with Crippen LogP contribution in [0.25, 0.3) is 0 Å². The minimum absolute atomic E-state index is 0.0232. The zero-order valence-corrected chi connectivity index (χ0v) is 21.2. The first-order valence-electron chi connectivity index (χ1n) is 11.6. The molecule has 2 atom stereocenters. The van der Waals surface area contributed by atoms with Gasteiger partial charge in [-0.1, -0.05) is 29.3 Å². The van der Waals surface area contributed by atoms with Crippen LogP contribution in [0.4, 0.5) is 10.6 Å². The predicted octanol–water partition coefficient (Wildman–Crippen LogP) is 4.41. The number of ketones is 1. The predicted molar refractivity (Wildman–Crippen MR) is 135 cm³/mol. The molecule has 0 spiro atoms. The van der Waals surface area contributed by atoms with Gasteiger partial charge in [-0.05, 0) is 49.6 Å². The Labute approximate surface area is 214 Å². The molecule has 2 saturated heterocycles. The lowest BCUT2D eigenvalue weighted by atomic mass is 9.93. The van der Waals surface area contributed by atoms with Crippen LogP contribution in [-0.4, -0.2) is 76.9 Å². The molecule has 0 aliphatic carbocycles. The Morgan fingerprint density at radius 3 is 2.34 bits per heavy atom. The van der Waals surface area contributed by atoms with Crippen LogP contribution >= 0.6 is 23.2 Å². The number of likely N-dealkylation sites (N-methyl/N-ethyl adjacent to an activating group) is 1. The average Bonchev–Trinajstić information content (AvgIpc) is 3.30. The topological polar surface area (TPSA) is 94.1 Å². The second-order valence-corrected chi connectivity index (χ2v) is 10.0. The molecule has 35 heavy (non-hydrogen) atoms. The quantitative estimate of drug-likeness (QED) is 0.589. The van der Waals surface area contributed by atoms with E-state index in [9.17, 15) is 19.5 Å². The highest BCUT2D eigenvalue weighted by Crippen LogP contribution is 2.35. The van der Waals surface area contributed by atoms with Crippen molar-refractivity contribution in [1.29, 1.82) is 0 Å². The minimum Gasteiger partial charge on any atom is -0.465 e. The van der Waals surface area contributed by atoms with Gasteiger partial charge in [-0.2, -0.15) is 0 Å². The first kappa shape index (κ1) is 25.3. The van der Waals surface area contributed by atoms with Crippen LogP contribution in [0.3, 0.4) is 0 Å². The Morgan fingerprint density at radius 1 is 1.06 bits per heavy atom. The number of hydrogen-bond donors (Lipinski definition) is 1. The molecule has 8 nitrogen and oxygen atoms in total. The molecule has 2 aliphatic rings. The molecule has 0 unspecified atom stereocenters. The van der Waals surface area contributed by atoms with Crippen LogP contribution in [0.15, 0.2) is 36.5 Å². The van der Waals surface area contributed by atoms with Crippen LogP contribution in [0.2, 0.25) is 10.0 Å². The van der Waals surface area contributed by atoms with Crippen LogP contribution < -0.4 is 4.90 Å². The highest BCUT2D eigenvalue weighted by molar-refractivity contribution is 6.42. The smallest absolute Gasteiger partial charge is 0.407 e. The van der Waals surface area contributed by atoms with E-state index in [1.807, 2.05) is 12.1 Å². The normalized spacial score (nSPS) is 20.7. The van der Waals surface area contributed by atoms with Gasteiger partial charge in [0.05, 0.1) is 16.1 Å². The Bertz CT molecular complexity index is 1120. The molecule has 2 aliphatic heterocycles. The molecular formula is C25H28Cl2N4O4. The van der Waals surface area contributed by atoms with Crippen molar-refractivity contribution in [2.45, 2.75) is 31.7 Å². The van der Waals surface area contributed by atoms with Gasteiger partial charge >= 0.3 is 6.09 Å². The van der Waals surface area contributed by atoms with Gasteiger partial charge in [0, 0.05) is 56.8 Å². The van der Waals surface area contributed by atoms with Crippen molar-refractivity contribution in [1.82, 2.24) is 14.8 Å². The fourth-order valence-electron chi connectivity index (χ4n) is 4.97. The molecule has 4 rings (SSSR count). The standard InChI is InChI=1S/C25H28Cl2N4O4/c1-15(32)18-4-6-23(28-12-18)30-9-7-16(8-10-30)24(33)31-13-19(22(14-31)29(2)25(34)35)17-3-5-20(26)21(27)11-17/h3-6,11-12,16,19,22H,7-10,13-14H2,1-2H3,(H,34,35)/t19-,22+/m0/s1. The molecule has 2 amide bonds. The first-order valence-corrected chi connectivity index (χ1v) is 12.3. The maximum Gasteiger partial charge on any atom is 0.407 e. The third-order valence-electron chi connectivity index (χ3n) is 7.09. The van der Waals surface area contributed by atoms with E-state index in [2.05, 4.69) is 9.88 Å². The molecule has 1 aromatic carbocycles. The maximum atomic E-state index is 13.4. The Kier molecular flexibility index (Phi) is 7.52. The first-order chi connectivity index (χ1) is 16.7. The van der Waals surface area contributed by atoms with Crippen LogP contribution in [-0.2, 0) is 4.79 Å². The lowest BCUT2D eigenvalue weighted by molar-refractivity contribution is -0.135. The van der Waals surface area contributed by atoms with Gasteiger partial charge in [0.15, 0.2) is 5.78 Å². The number of anilines is 1. The summed E-state index contributed by atoms with van der Waals surface area (Å²) >= 11 is 12.3. The van der Waals surface area contributed by atoms with Gasteiger partial charge in [0.25, 0.3) is 0 Å². The number of rotatable bonds is 5. The number of halogens is 2. The molecule has 3 heterocycles. The molecule has 1 aromatic heterocycles. The number of carbonyl (C=O) groups excluding carboxylic acids is 2. The lowest BCUT2D eigenvalue weighted by Gasteiger charge is -2.34. The third-order valence-corrected chi connectivity index (χ3v) is 7.83. The maximum absolute atomic E-state index is 13.4. The zero-order valence-electron chi connectivity index (χ0n) is 19.7. The molecule has 186 valence electrons. The number of likely N-dealkylation sites (tertiary alicyclic amines) is 1. The number of hydrogen-bond acceptors (Lipinski definition) is 5. The highest BCUT2D eigenvalue weighted by atomic mass is 35.5. The van der Waals surface area contributed by atoms with Gasteiger partial charge in [-0.15, -0.1) is 0 Å². The summed E-state index contributed by atoms with van der Waals surface area (Å²) in [5.41, 5.74) is 1.44. The number of piperidine rings is 1. The molecule has 0 radical (unpaired) electrons. The summed E-state index contributed by atoms with van der Waals surface area (Å²) in [6, 6.07) is 8.54. The van der Waals surface area contributed by atoms with Crippen molar-refractivity contribution in [2.75, 3.05) is 38.1 Å². The average molecular weight is 519 g/mol. The van der Waals surface area contributed by atoms with E-state index in [1.165, 1.54) is 18.9 Å². The number of amides is 2. The summed E-state index contributed by atoms with van der Waals surface area (Å²) < 4.78 is 0. The van der Waals surface area contributed by atoms with E-state index in [0.29, 0.717) is 54.6 Å². The summed E-state index contributed by atoms with van der Waals surface area (Å²) in [7, 11) is 1.54. The molecule has 2 fully saturated rings. The van der Waals surface area contributed by atoms with E-state index < -0.39 is 6.09 Å². The fourth-order valence-corrected chi connectivity index (χ4v) is 5.27. The number of Topliss-reactive ketones (excluding diaryl/α,β-unsaturated/α-hetero) is 1. The Morgan fingerprint density at radius 2 is 1.77 bits per heavy atom. The van der Waals surface area contributed by atoms with Crippen molar-refractivity contribution < 1.29 is 19.5 Å². The highest BCUT2D eigenvalue weighted by Gasteiger charge is 2.42. The SMILES string of the molecule is CC(=O)c1ccc(N2CCC(C(=O)N3C[C@@H](N(C)C(=O)O)[C@H](c4ccc(Cl)c(Cl)c4)C3)CC2)nc1. The van der Waals surface area contributed by atoms with E-state index >= 15 is 0 Å². The second-order valence-electron chi connectivity index (χ2n) is 9.21. The van der Waals surface area contributed by atoms with Gasteiger partial charge < -0.3 is 19.8 Å². The summed E-state index contributed by atoms with van der Waals surface area (Å²) in [5, 5.41) is 10.4. The monoisotopic (exact) mass is 518 g/mol. The van der Waals surface area contributed by atoms with Gasteiger partial charge in [0.2, 0.25) is 5.91 Å². The number of nitrogens with zero attached hydrogens (tertiary/aromatic N) is 4. The number of aromatic nitrogens is 1. The van der Waals surface area contributed by atoms with Gasteiger partial charge in [-0.3, -0.25) is 9.59 Å². The Hall–Kier alpha value is -2.84. The van der Waals surface area contributed by atoms with Crippen LogP contribution in [0.1, 0.15) is 41.6 Å². The molecule has 10 heteroatoms. The van der Waals surface area contributed by atoms with E-state index in [1.54, 1.807) is 29.3 Å². The molecule has 0 bridgehead atoms. The van der Waals surface area contributed by atoms with E-state index in [4.69, 9.17) is 23.2 Å². The zero-order chi connectivity index (χ0) is 25.3. The summed E-state index contributed by atoms with van der Waals surface area (Å²) in [4.78, 5) is 46.2. The minimum atomic E-state index is -1.04. The molecule has 1 N–H and O–H groups in total. The number of carbonyl (C=O) groups is 3. The number of benzene rings is 1. The Balaban J connectivity index is 1.44. The van der Waals surface area contributed by atoms with Crippen LogP contribution in [0, 0.1) is 5.92 Å².